The molecule has 0 aromatic carbocycles. The van der Waals surface area contributed by atoms with Gasteiger partial charge in [-0.05, 0) is 18.8 Å². The summed E-state index contributed by atoms with van der Waals surface area (Å²) in [7, 11) is 0. The molecule has 116 valence electrons. The van der Waals surface area contributed by atoms with Gasteiger partial charge in [0, 0.05) is 38.0 Å². The first kappa shape index (κ1) is 15.3. The van der Waals surface area contributed by atoms with Crippen LogP contribution in [0.2, 0.25) is 0 Å². The molecule has 2 amide bonds. The molecule has 1 saturated heterocycles. The second-order valence-corrected chi connectivity index (χ2v) is 5.23. The molecule has 2 rings (SSSR count). The average molecular weight is 296 g/mol. The summed E-state index contributed by atoms with van der Waals surface area (Å²) in [4.78, 5) is 31.6. The molecule has 0 saturated carbocycles. The lowest BCUT2D eigenvalue weighted by Gasteiger charge is -2.20. The monoisotopic (exact) mass is 296 g/mol. The highest BCUT2D eigenvalue weighted by Gasteiger charge is 2.29. The van der Waals surface area contributed by atoms with Gasteiger partial charge in [-0.1, -0.05) is 0 Å². The SMILES string of the molecule is O=C(O)[C@@H](Cc1cnc[nH]1)NC(=O)N1CCC(CCO)C1. The third-order valence-corrected chi connectivity index (χ3v) is 3.69. The zero-order chi connectivity index (χ0) is 15.2. The molecule has 1 aliphatic rings. The van der Waals surface area contributed by atoms with E-state index in [1.807, 2.05) is 0 Å². The number of aromatic amines is 1. The molecular formula is C13H20N4O4. The number of aliphatic carboxylic acids is 1. The van der Waals surface area contributed by atoms with Crippen LogP contribution < -0.4 is 5.32 Å². The van der Waals surface area contributed by atoms with Crippen molar-refractivity contribution < 1.29 is 19.8 Å². The standard InChI is InChI=1S/C13H20N4O4/c18-4-2-9-1-3-17(7-9)13(21)16-11(12(19)20)5-10-6-14-8-15-10/h6,8-9,11,18H,1-5,7H2,(H,14,15)(H,16,21)(H,19,20)/t9?,11-/m1/s1. The van der Waals surface area contributed by atoms with Gasteiger partial charge in [-0.3, -0.25) is 0 Å². The van der Waals surface area contributed by atoms with Crippen molar-refractivity contribution in [2.75, 3.05) is 19.7 Å². The first-order valence-electron chi connectivity index (χ1n) is 6.96. The Labute approximate surface area is 122 Å². The zero-order valence-corrected chi connectivity index (χ0v) is 11.7. The molecule has 21 heavy (non-hydrogen) atoms. The fourth-order valence-corrected chi connectivity index (χ4v) is 2.49. The van der Waals surface area contributed by atoms with Crippen molar-refractivity contribution in [3.63, 3.8) is 0 Å². The van der Waals surface area contributed by atoms with Gasteiger partial charge in [-0.2, -0.15) is 0 Å². The van der Waals surface area contributed by atoms with Gasteiger partial charge in [0.25, 0.3) is 0 Å². The molecule has 4 N–H and O–H groups in total. The van der Waals surface area contributed by atoms with Crippen LogP contribution in [0, 0.1) is 5.92 Å². The van der Waals surface area contributed by atoms with Crippen LogP contribution in [0.4, 0.5) is 4.79 Å². The van der Waals surface area contributed by atoms with Gasteiger partial charge in [0.15, 0.2) is 0 Å². The molecule has 1 aromatic heterocycles. The number of H-pyrrole nitrogens is 1. The average Bonchev–Trinajstić information content (AvgIpc) is 3.09. The lowest BCUT2D eigenvalue weighted by molar-refractivity contribution is -0.139. The van der Waals surface area contributed by atoms with E-state index in [9.17, 15) is 14.7 Å². The number of carboxylic acid groups (broad SMARTS) is 1. The molecule has 1 aliphatic heterocycles. The number of carbonyl (C=O) groups is 2. The zero-order valence-electron chi connectivity index (χ0n) is 11.7. The minimum atomic E-state index is -1.08. The van der Waals surface area contributed by atoms with E-state index in [1.54, 1.807) is 4.90 Å². The molecule has 1 aromatic rings. The number of nitrogens with zero attached hydrogens (tertiary/aromatic N) is 2. The Morgan fingerprint density at radius 2 is 2.38 bits per heavy atom. The Morgan fingerprint density at radius 1 is 1.57 bits per heavy atom. The maximum absolute atomic E-state index is 12.1. The number of carboxylic acids is 1. The van der Waals surface area contributed by atoms with Crippen molar-refractivity contribution in [2.45, 2.75) is 25.3 Å². The van der Waals surface area contributed by atoms with E-state index in [-0.39, 0.29) is 25.0 Å². The Bertz CT molecular complexity index is 477. The minimum Gasteiger partial charge on any atom is -0.480 e. The molecule has 1 fully saturated rings. The molecule has 8 nitrogen and oxygen atoms in total. The topological polar surface area (TPSA) is 119 Å². The number of urea groups is 1. The number of aliphatic hydroxyl groups excluding tert-OH is 1. The molecular weight excluding hydrogens is 276 g/mol. The van der Waals surface area contributed by atoms with Crippen molar-refractivity contribution in [3.8, 4) is 0 Å². The smallest absolute Gasteiger partial charge is 0.326 e. The number of amides is 2. The predicted octanol–water partition coefficient (Wildman–Crippen LogP) is -0.181. The molecule has 0 radical (unpaired) electrons. The van der Waals surface area contributed by atoms with E-state index < -0.39 is 12.0 Å². The van der Waals surface area contributed by atoms with E-state index in [1.165, 1.54) is 12.5 Å². The van der Waals surface area contributed by atoms with Crippen LogP contribution in [0.5, 0.6) is 0 Å². The fraction of sp³-hybridized carbons (Fsp3) is 0.615. The Kier molecular flexibility index (Phi) is 5.15. The molecule has 0 spiro atoms. The summed E-state index contributed by atoms with van der Waals surface area (Å²) in [6.45, 7) is 1.26. The number of carbonyl (C=O) groups excluding carboxylic acids is 1. The number of nitrogens with one attached hydrogen (secondary N) is 2. The van der Waals surface area contributed by atoms with Gasteiger partial charge in [0.05, 0.1) is 6.33 Å². The number of imidazole rings is 1. The Hall–Kier alpha value is -2.09. The number of rotatable bonds is 6. The molecule has 8 heteroatoms. The third kappa shape index (κ3) is 4.19. The van der Waals surface area contributed by atoms with Gasteiger partial charge >= 0.3 is 12.0 Å². The number of aromatic nitrogens is 2. The second kappa shape index (κ2) is 7.07. The normalized spacial score (nSPS) is 19.5. The van der Waals surface area contributed by atoms with Gasteiger partial charge in [-0.25, -0.2) is 14.6 Å². The van der Waals surface area contributed by atoms with Gasteiger partial charge in [0.1, 0.15) is 6.04 Å². The minimum absolute atomic E-state index is 0.109. The highest BCUT2D eigenvalue weighted by atomic mass is 16.4. The van der Waals surface area contributed by atoms with Gasteiger partial charge < -0.3 is 25.4 Å². The predicted molar refractivity (Wildman–Crippen MR) is 73.6 cm³/mol. The lowest BCUT2D eigenvalue weighted by Crippen LogP contribution is -2.48. The summed E-state index contributed by atoms with van der Waals surface area (Å²) in [5, 5.41) is 20.6. The fourth-order valence-electron chi connectivity index (χ4n) is 2.49. The van der Waals surface area contributed by atoms with Crippen molar-refractivity contribution in [1.29, 1.82) is 0 Å². The van der Waals surface area contributed by atoms with Crippen molar-refractivity contribution in [1.82, 2.24) is 20.2 Å². The van der Waals surface area contributed by atoms with E-state index in [0.29, 0.717) is 25.2 Å². The molecule has 0 aliphatic carbocycles. The van der Waals surface area contributed by atoms with Gasteiger partial charge in [-0.15, -0.1) is 0 Å². The van der Waals surface area contributed by atoms with Crippen LogP contribution in [-0.2, 0) is 11.2 Å². The summed E-state index contributed by atoms with van der Waals surface area (Å²) in [6, 6.07) is -1.36. The van der Waals surface area contributed by atoms with Crippen molar-refractivity contribution >= 4 is 12.0 Å². The molecule has 0 bridgehead atoms. The summed E-state index contributed by atoms with van der Waals surface area (Å²) in [6.07, 6.45) is 4.67. The largest absolute Gasteiger partial charge is 0.480 e. The quantitative estimate of drug-likeness (QED) is 0.580. The summed E-state index contributed by atoms with van der Waals surface area (Å²) in [5.74, 6) is -0.791. The number of aliphatic hydroxyl groups is 1. The van der Waals surface area contributed by atoms with E-state index in [0.717, 1.165) is 6.42 Å². The lowest BCUT2D eigenvalue weighted by atomic mass is 10.1. The maximum Gasteiger partial charge on any atom is 0.326 e. The van der Waals surface area contributed by atoms with E-state index >= 15 is 0 Å². The summed E-state index contributed by atoms with van der Waals surface area (Å²) >= 11 is 0. The summed E-state index contributed by atoms with van der Waals surface area (Å²) in [5.41, 5.74) is 0.655. The Balaban J connectivity index is 1.88. The number of likely N-dealkylation sites (tertiary alicyclic amines) is 1. The second-order valence-electron chi connectivity index (χ2n) is 5.23. The molecule has 1 unspecified atom stereocenters. The molecule has 2 atom stereocenters. The van der Waals surface area contributed by atoms with Crippen LogP contribution in [0.1, 0.15) is 18.5 Å². The first-order chi connectivity index (χ1) is 10.1. The third-order valence-electron chi connectivity index (χ3n) is 3.69. The van der Waals surface area contributed by atoms with E-state index in [4.69, 9.17) is 5.11 Å². The van der Waals surface area contributed by atoms with Crippen LogP contribution in [-0.4, -0.2) is 62.8 Å². The van der Waals surface area contributed by atoms with Crippen molar-refractivity contribution in [3.05, 3.63) is 18.2 Å². The van der Waals surface area contributed by atoms with Crippen molar-refractivity contribution in [2.24, 2.45) is 5.92 Å². The first-order valence-corrected chi connectivity index (χ1v) is 6.96. The number of hydrogen-bond donors (Lipinski definition) is 4. The molecule has 2 heterocycles. The number of hydrogen-bond acceptors (Lipinski definition) is 4. The Morgan fingerprint density at radius 3 is 3.00 bits per heavy atom. The van der Waals surface area contributed by atoms with Crippen LogP contribution in [0.3, 0.4) is 0 Å². The van der Waals surface area contributed by atoms with E-state index in [2.05, 4.69) is 15.3 Å². The maximum atomic E-state index is 12.1. The summed E-state index contributed by atoms with van der Waals surface area (Å²) < 4.78 is 0. The van der Waals surface area contributed by atoms with Crippen LogP contribution in [0.15, 0.2) is 12.5 Å². The highest BCUT2D eigenvalue weighted by Crippen LogP contribution is 2.19. The van der Waals surface area contributed by atoms with Crippen LogP contribution in [0.25, 0.3) is 0 Å². The van der Waals surface area contributed by atoms with Gasteiger partial charge in [0.2, 0.25) is 0 Å². The van der Waals surface area contributed by atoms with Crippen LogP contribution >= 0.6 is 0 Å². The highest BCUT2D eigenvalue weighted by molar-refractivity contribution is 5.82.